The lowest BCUT2D eigenvalue weighted by Gasteiger charge is -2.05. The number of anilines is 1. The van der Waals surface area contributed by atoms with Crippen molar-refractivity contribution in [2.24, 2.45) is 0 Å². The predicted octanol–water partition coefficient (Wildman–Crippen LogP) is 3.50. The van der Waals surface area contributed by atoms with Crippen molar-refractivity contribution >= 4 is 11.6 Å². The molecule has 0 aromatic heterocycles. The Labute approximate surface area is 101 Å². The van der Waals surface area contributed by atoms with E-state index in [1.165, 1.54) is 5.56 Å². The van der Waals surface area contributed by atoms with Crippen LogP contribution in [0.2, 0.25) is 0 Å². The number of benzene rings is 2. The highest BCUT2D eigenvalue weighted by Crippen LogP contribution is 2.11. The van der Waals surface area contributed by atoms with Gasteiger partial charge in [-0.3, -0.25) is 4.79 Å². The lowest BCUT2D eigenvalue weighted by Crippen LogP contribution is -2.11. The summed E-state index contributed by atoms with van der Waals surface area (Å²) in [6, 6.07) is 17.1. The first-order valence-corrected chi connectivity index (χ1v) is 5.75. The summed E-state index contributed by atoms with van der Waals surface area (Å²) in [6.07, 6.45) is 1.01. The number of nitrogens with one attached hydrogen (secondary N) is 1. The van der Waals surface area contributed by atoms with Gasteiger partial charge in [0.05, 0.1) is 0 Å². The average molecular weight is 226 g/mol. The van der Waals surface area contributed by atoms with Crippen LogP contribution < -0.4 is 5.32 Å². The first kappa shape index (κ1) is 11.4. The van der Waals surface area contributed by atoms with Crippen molar-refractivity contribution in [3.63, 3.8) is 0 Å². The Balaban J connectivity index is 2.08. The lowest BCUT2D eigenvalue weighted by molar-refractivity contribution is 0.102. The maximum atomic E-state index is 11.9. The molecule has 0 bridgehead atoms. The van der Waals surface area contributed by atoms with Crippen molar-refractivity contribution in [1.82, 2.24) is 0 Å². The Morgan fingerprint density at radius 1 is 1.00 bits per heavy atom. The minimum absolute atomic E-state index is 0.0742. The number of carbonyl (C=O) groups excluding carboxylic acids is 1. The van der Waals surface area contributed by atoms with Gasteiger partial charge in [-0.25, -0.2) is 0 Å². The zero-order chi connectivity index (χ0) is 12.1. The maximum Gasteiger partial charge on any atom is 0.255 e. The average Bonchev–Trinajstić information content (AvgIpc) is 2.40. The van der Waals surface area contributed by atoms with Crippen LogP contribution >= 0.6 is 0 Å². The maximum absolute atomic E-state index is 11.9. The fraction of sp³-hybridized carbons (Fsp3) is 0.133. The monoisotopic (exact) mass is 226 g/mol. The number of hydrogen-bond donors (Lipinski definition) is 1. The number of hydrogen-bond acceptors (Lipinski definition) is 1. The van der Waals surface area contributed by atoms with Crippen LogP contribution in [0.3, 0.4) is 0 Å². The zero-order valence-electron chi connectivity index (χ0n) is 9.81. The van der Waals surface area contributed by atoms with Gasteiger partial charge in [0.15, 0.2) is 0 Å². The second-order valence-electron chi connectivity index (χ2n) is 3.87. The van der Waals surface area contributed by atoms with E-state index < -0.39 is 0 Å². The van der Waals surface area contributed by atoms with Crippen LogP contribution in [0.5, 0.6) is 0 Å². The fourth-order valence-electron chi connectivity index (χ4n) is 1.62. The number of aryl methyl sites for hydroxylation is 1. The van der Waals surface area contributed by atoms with Gasteiger partial charge in [0.1, 0.15) is 0 Å². The topological polar surface area (TPSA) is 29.1 Å². The van der Waals surface area contributed by atoms with Gasteiger partial charge in [0, 0.05) is 11.3 Å². The summed E-state index contributed by atoms with van der Waals surface area (Å²) in [6.45, 7) is 2.11. The molecule has 86 valence electrons. The van der Waals surface area contributed by atoms with E-state index in [4.69, 9.17) is 0 Å². The normalized spacial score (nSPS) is 9.94. The van der Waals surface area contributed by atoms with E-state index in [0.717, 1.165) is 12.1 Å². The summed E-state index contributed by atoms with van der Waals surface area (Å²) < 4.78 is 0. The molecular weight excluding hydrogens is 211 g/mol. The van der Waals surface area contributed by atoms with E-state index in [-0.39, 0.29) is 5.91 Å². The molecule has 0 saturated heterocycles. The smallest absolute Gasteiger partial charge is 0.255 e. The Bertz CT molecular complexity index is 488. The van der Waals surface area contributed by atoms with Crippen molar-refractivity contribution < 1.29 is 4.79 Å². The molecule has 0 aliphatic heterocycles. The summed E-state index contributed by atoms with van der Waals surface area (Å²) in [5, 5.41) is 2.87. The van der Waals surface area contributed by atoms with Gasteiger partial charge in [-0.2, -0.15) is 0 Å². The molecule has 0 radical (unpaired) electrons. The quantitative estimate of drug-likeness (QED) is 0.797. The third-order valence-corrected chi connectivity index (χ3v) is 2.66. The van der Waals surface area contributed by atoms with Gasteiger partial charge >= 0.3 is 0 Å². The molecule has 0 aliphatic carbocycles. The largest absolute Gasteiger partial charge is 0.322 e. The number of amides is 1. The molecule has 2 aromatic rings. The molecule has 0 heterocycles. The van der Waals surface area contributed by atoms with Crippen LogP contribution in [-0.4, -0.2) is 5.91 Å². The van der Waals surface area contributed by atoms with Crippen molar-refractivity contribution in [2.75, 3.05) is 5.32 Å². The standard InChI is InChI=1S/C15H15NO/c1-2-12-8-10-14(11-9-12)16-15(17)13-6-4-3-5-7-13/h3-11H,2H2,1H3,(H,16,17)/i15+1. The minimum Gasteiger partial charge on any atom is -0.322 e. The van der Waals surface area contributed by atoms with Crippen molar-refractivity contribution in [3.8, 4) is 0 Å². The van der Waals surface area contributed by atoms with Crippen LogP contribution in [0.4, 0.5) is 5.69 Å². The number of rotatable bonds is 3. The highest BCUT2D eigenvalue weighted by atomic mass is 16.2. The van der Waals surface area contributed by atoms with Crippen molar-refractivity contribution in [1.29, 1.82) is 0 Å². The van der Waals surface area contributed by atoms with Crippen LogP contribution in [0.25, 0.3) is 0 Å². The van der Waals surface area contributed by atoms with Gasteiger partial charge in [-0.15, -0.1) is 0 Å². The Kier molecular flexibility index (Phi) is 3.55. The van der Waals surface area contributed by atoms with Crippen LogP contribution in [-0.2, 0) is 6.42 Å². The lowest BCUT2D eigenvalue weighted by atomic mass is 10.1. The second-order valence-corrected chi connectivity index (χ2v) is 3.87. The van der Waals surface area contributed by atoms with E-state index in [2.05, 4.69) is 12.2 Å². The highest BCUT2D eigenvalue weighted by molar-refractivity contribution is 6.04. The zero-order valence-corrected chi connectivity index (χ0v) is 9.81. The molecule has 2 aromatic carbocycles. The summed E-state index contributed by atoms with van der Waals surface area (Å²) in [4.78, 5) is 11.9. The van der Waals surface area contributed by atoms with E-state index in [0.29, 0.717) is 5.56 Å². The highest BCUT2D eigenvalue weighted by Gasteiger charge is 2.04. The molecule has 2 rings (SSSR count). The minimum atomic E-state index is -0.0742. The molecule has 1 amide bonds. The van der Waals surface area contributed by atoms with Crippen molar-refractivity contribution in [2.45, 2.75) is 13.3 Å². The molecule has 0 aliphatic rings. The summed E-state index contributed by atoms with van der Waals surface area (Å²) in [7, 11) is 0. The molecule has 0 atom stereocenters. The van der Waals surface area contributed by atoms with Crippen molar-refractivity contribution in [3.05, 3.63) is 65.7 Å². The predicted molar refractivity (Wildman–Crippen MR) is 70.2 cm³/mol. The van der Waals surface area contributed by atoms with Gasteiger partial charge in [0.2, 0.25) is 0 Å². The Morgan fingerprint density at radius 3 is 2.24 bits per heavy atom. The fourth-order valence-corrected chi connectivity index (χ4v) is 1.62. The summed E-state index contributed by atoms with van der Waals surface area (Å²) in [5.74, 6) is -0.0742. The Hall–Kier alpha value is -2.09. The summed E-state index contributed by atoms with van der Waals surface area (Å²) in [5.41, 5.74) is 2.77. The molecule has 2 heteroatoms. The first-order valence-electron chi connectivity index (χ1n) is 5.75. The van der Waals surface area contributed by atoms with Gasteiger partial charge < -0.3 is 5.32 Å². The van der Waals surface area contributed by atoms with Crippen LogP contribution in [0.1, 0.15) is 22.8 Å². The molecule has 1 N–H and O–H groups in total. The van der Waals surface area contributed by atoms with E-state index in [1.807, 2.05) is 42.5 Å². The molecule has 0 spiro atoms. The molecule has 2 nitrogen and oxygen atoms in total. The van der Waals surface area contributed by atoms with Gasteiger partial charge in [-0.05, 0) is 36.2 Å². The Morgan fingerprint density at radius 2 is 1.65 bits per heavy atom. The summed E-state index contributed by atoms with van der Waals surface area (Å²) >= 11 is 0. The molecule has 17 heavy (non-hydrogen) atoms. The molecule has 0 saturated carbocycles. The van der Waals surface area contributed by atoms with E-state index in [1.54, 1.807) is 12.1 Å². The van der Waals surface area contributed by atoms with Crippen LogP contribution in [0, 0.1) is 0 Å². The number of carbonyl (C=O) groups is 1. The molecular formula is C15H15NO. The third-order valence-electron chi connectivity index (χ3n) is 2.66. The van der Waals surface area contributed by atoms with E-state index >= 15 is 0 Å². The van der Waals surface area contributed by atoms with Gasteiger partial charge in [0.25, 0.3) is 5.91 Å². The van der Waals surface area contributed by atoms with Crippen LogP contribution in [0.15, 0.2) is 54.6 Å². The second kappa shape index (κ2) is 5.30. The van der Waals surface area contributed by atoms with E-state index in [9.17, 15) is 4.79 Å². The van der Waals surface area contributed by atoms with Gasteiger partial charge in [-0.1, -0.05) is 37.3 Å². The first-order chi connectivity index (χ1) is 8.29. The molecule has 0 unspecified atom stereocenters. The third kappa shape index (κ3) is 2.94. The SMILES string of the molecule is CCc1ccc(N[13C](=O)c2ccccc2)cc1. The molecule has 0 fully saturated rings.